The Morgan fingerprint density at radius 2 is 2.05 bits per heavy atom. The molecule has 108 valence electrons. The van der Waals surface area contributed by atoms with Crippen LogP contribution in [0, 0.1) is 5.92 Å². The van der Waals surface area contributed by atoms with Crippen LogP contribution < -0.4 is 5.32 Å². The number of rotatable bonds is 8. The molecule has 2 N–H and O–H groups in total. The van der Waals surface area contributed by atoms with Crippen LogP contribution in [-0.4, -0.2) is 28.0 Å². The van der Waals surface area contributed by atoms with Crippen molar-refractivity contribution in [2.24, 2.45) is 5.92 Å². The number of nitrogens with zero attached hydrogens (tertiary/aromatic N) is 2. The number of aliphatic hydroxyl groups is 1. The van der Waals surface area contributed by atoms with Gasteiger partial charge in [0.05, 0.1) is 12.7 Å². The first-order valence-corrected chi connectivity index (χ1v) is 7.14. The van der Waals surface area contributed by atoms with Gasteiger partial charge < -0.3 is 10.4 Å². The third-order valence-electron chi connectivity index (χ3n) is 3.32. The molecule has 1 heterocycles. The minimum atomic E-state index is 0.262. The zero-order valence-corrected chi connectivity index (χ0v) is 12.0. The maximum Gasteiger partial charge on any atom is 0.0659 e. The standard InChI is InChI=1S/C16H23N3O/c1-14(7-8-20)9-17-10-16-11-18-19(13-16)12-15-5-3-2-4-6-15/h2-6,11,13-14,17,20H,7-10,12H2,1H3. The zero-order chi connectivity index (χ0) is 14.2. The molecule has 1 unspecified atom stereocenters. The van der Waals surface area contributed by atoms with E-state index >= 15 is 0 Å². The van der Waals surface area contributed by atoms with E-state index in [-0.39, 0.29) is 6.61 Å². The van der Waals surface area contributed by atoms with E-state index in [1.54, 1.807) is 0 Å². The molecule has 0 saturated carbocycles. The second-order valence-corrected chi connectivity index (χ2v) is 5.28. The molecule has 1 aromatic carbocycles. The van der Waals surface area contributed by atoms with Crippen molar-refractivity contribution in [2.75, 3.05) is 13.2 Å². The summed E-state index contributed by atoms with van der Waals surface area (Å²) in [6, 6.07) is 10.3. The Balaban J connectivity index is 1.78. The lowest BCUT2D eigenvalue weighted by Gasteiger charge is -2.09. The molecule has 0 fully saturated rings. The largest absolute Gasteiger partial charge is 0.396 e. The smallest absolute Gasteiger partial charge is 0.0659 e. The van der Waals surface area contributed by atoms with Crippen LogP contribution in [0.3, 0.4) is 0 Å². The number of hydrogen-bond acceptors (Lipinski definition) is 3. The van der Waals surface area contributed by atoms with Crippen LogP contribution >= 0.6 is 0 Å². The molecule has 4 nitrogen and oxygen atoms in total. The van der Waals surface area contributed by atoms with Gasteiger partial charge in [-0.2, -0.15) is 5.10 Å². The summed E-state index contributed by atoms with van der Waals surface area (Å²) in [7, 11) is 0. The van der Waals surface area contributed by atoms with E-state index < -0.39 is 0 Å². The molecule has 0 aliphatic heterocycles. The fourth-order valence-electron chi connectivity index (χ4n) is 2.14. The van der Waals surface area contributed by atoms with Gasteiger partial charge in [-0.1, -0.05) is 37.3 Å². The fourth-order valence-corrected chi connectivity index (χ4v) is 2.14. The minimum absolute atomic E-state index is 0.262. The molecule has 4 heteroatoms. The van der Waals surface area contributed by atoms with Crippen molar-refractivity contribution in [3.8, 4) is 0 Å². The van der Waals surface area contributed by atoms with Gasteiger partial charge in [0.2, 0.25) is 0 Å². The van der Waals surface area contributed by atoms with Crippen molar-refractivity contribution < 1.29 is 5.11 Å². The Labute approximate surface area is 120 Å². The summed E-state index contributed by atoms with van der Waals surface area (Å²) in [6.45, 7) is 4.95. The summed E-state index contributed by atoms with van der Waals surface area (Å²) in [5.41, 5.74) is 2.45. The topological polar surface area (TPSA) is 50.1 Å². The van der Waals surface area contributed by atoms with Crippen LogP contribution in [0.5, 0.6) is 0 Å². The SMILES string of the molecule is CC(CCO)CNCc1cnn(Cc2ccccc2)c1. The molecule has 0 saturated heterocycles. The lowest BCUT2D eigenvalue weighted by molar-refractivity contribution is 0.260. The summed E-state index contributed by atoms with van der Waals surface area (Å²) in [6.07, 6.45) is 4.84. The van der Waals surface area contributed by atoms with Crippen LogP contribution in [0.15, 0.2) is 42.7 Å². The van der Waals surface area contributed by atoms with Crippen molar-refractivity contribution in [3.05, 3.63) is 53.9 Å². The highest BCUT2D eigenvalue weighted by molar-refractivity contribution is 5.15. The van der Waals surface area contributed by atoms with Crippen LogP contribution in [-0.2, 0) is 13.1 Å². The summed E-state index contributed by atoms with van der Waals surface area (Å²) < 4.78 is 1.96. The summed E-state index contributed by atoms with van der Waals surface area (Å²) in [5.74, 6) is 0.499. The Hall–Kier alpha value is -1.65. The highest BCUT2D eigenvalue weighted by Crippen LogP contribution is 2.04. The molecule has 2 rings (SSSR count). The number of benzene rings is 1. The molecular weight excluding hydrogens is 250 g/mol. The van der Waals surface area contributed by atoms with Gasteiger partial charge in [0.15, 0.2) is 0 Å². The van der Waals surface area contributed by atoms with Gasteiger partial charge in [-0.25, -0.2) is 0 Å². The lowest BCUT2D eigenvalue weighted by Crippen LogP contribution is -2.21. The Kier molecular flexibility index (Phi) is 5.77. The first-order valence-electron chi connectivity index (χ1n) is 7.14. The first kappa shape index (κ1) is 14.8. The van der Waals surface area contributed by atoms with Gasteiger partial charge in [-0.15, -0.1) is 0 Å². The van der Waals surface area contributed by atoms with Crippen molar-refractivity contribution in [3.63, 3.8) is 0 Å². The van der Waals surface area contributed by atoms with Crippen molar-refractivity contribution in [1.82, 2.24) is 15.1 Å². The molecule has 2 aromatic rings. The van der Waals surface area contributed by atoms with Crippen LogP contribution in [0.4, 0.5) is 0 Å². The van der Waals surface area contributed by atoms with E-state index in [1.807, 2.05) is 29.1 Å². The predicted molar refractivity (Wildman–Crippen MR) is 80.3 cm³/mol. The summed E-state index contributed by atoms with van der Waals surface area (Å²) >= 11 is 0. The van der Waals surface area contributed by atoms with Crippen molar-refractivity contribution >= 4 is 0 Å². The number of hydrogen-bond donors (Lipinski definition) is 2. The first-order chi connectivity index (χ1) is 9.78. The van der Waals surface area contributed by atoms with Crippen LogP contribution in [0.2, 0.25) is 0 Å². The molecule has 20 heavy (non-hydrogen) atoms. The highest BCUT2D eigenvalue weighted by Gasteiger charge is 2.02. The molecular formula is C16H23N3O. The third kappa shape index (κ3) is 4.79. The van der Waals surface area contributed by atoms with Crippen molar-refractivity contribution in [1.29, 1.82) is 0 Å². The predicted octanol–water partition coefficient (Wildman–Crippen LogP) is 2.04. The summed E-state index contributed by atoms with van der Waals surface area (Å²) in [5, 5.41) is 16.6. The molecule has 1 atom stereocenters. The quantitative estimate of drug-likeness (QED) is 0.774. The normalized spacial score (nSPS) is 12.5. The molecule has 0 radical (unpaired) electrons. The average molecular weight is 273 g/mol. The van der Waals surface area contributed by atoms with Crippen LogP contribution in [0.25, 0.3) is 0 Å². The third-order valence-corrected chi connectivity index (χ3v) is 3.32. The minimum Gasteiger partial charge on any atom is -0.396 e. The Morgan fingerprint density at radius 3 is 2.80 bits per heavy atom. The van der Waals surface area contributed by atoms with E-state index in [2.05, 4.69) is 35.7 Å². The Morgan fingerprint density at radius 1 is 1.25 bits per heavy atom. The van der Waals surface area contributed by atoms with E-state index in [1.165, 1.54) is 11.1 Å². The number of aromatic nitrogens is 2. The van der Waals surface area contributed by atoms with Crippen LogP contribution in [0.1, 0.15) is 24.5 Å². The average Bonchev–Trinajstić information content (AvgIpc) is 2.88. The molecule has 0 amide bonds. The van der Waals surface area contributed by atoms with E-state index in [0.29, 0.717) is 5.92 Å². The molecule has 0 bridgehead atoms. The van der Waals surface area contributed by atoms with Gasteiger partial charge >= 0.3 is 0 Å². The van der Waals surface area contributed by atoms with Gasteiger partial charge in [0.25, 0.3) is 0 Å². The Bertz CT molecular complexity index is 495. The number of aliphatic hydroxyl groups excluding tert-OH is 1. The molecule has 0 aliphatic rings. The molecule has 1 aromatic heterocycles. The maximum absolute atomic E-state index is 8.86. The fraction of sp³-hybridized carbons (Fsp3) is 0.438. The lowest BCUT2D eigenvalue weighted by atomic mass is 10.1. The monoisotopic (exact) mass is 273 g/mol. The van der Waals surface area contributed by atoms with Gasteiger partial charge in [-0.3, -0.25) is 4.68 Å². The molecule has 0 aliphatic carbocycles. The van der Waals surface area contributed by atoms with Gasteiger partial charge in [0.1, 0.15) is 0 Å². The zero-order valence-electron chi connectivity index (χ0n) is 12.0. The maximum atomic E-state index is 8.86. The second kappa shape index (κ2) is 7.82. The van der Waals surface area contributed by atoms with E-state index in [0.717, 1.165) is 26.1 Å². The summed E-state index contributed by atoms with van der Waals surface area (Å²) in [4.78, 5) is 0. The molecule has 0 spiro atoms. The van der Waals surface area contributed by atoms with Crippen molar-refractivity contribution in [2.45, 2.75) is 26.4 Å². The van der Waals surface area contributed by atoms with Gasteiger partial charge in [-0.05, 0) is 24.4 Å². The van der Waals surface area contributed by atoms with E-state index in [4.69, 9.17) is 5.11 Å². The second-order valence-electron chi connectivity index (χ2n) is 5.28. The van der Waals surface area contributed by atoms with E-state index in [9.17, 15) is 0 Å². The van der Waals surface area contributed by atoms with Gasteiger partial charge in [0, 0.05) is 24.9 Å². The number of nitrogens with one attached hydrogen (secondary N) is 1. The highest BCUT2D eigenvalue weighted by atomic mass is 16.3.